The van der Waals surface area contributed by atoms with Crippen LogP contribution >= 0.6 is 0 Å². The van der Waals surface area contributed by atoms with Crippen molar-refractivity contribution in [2.45, 2.75) is 39.8 Å². The van der Waals surface area contributed by atoms with Gasteiger partial charge in [0.15, 0.2) is 11.5 Å². The van der Waals surface area contributed by atoms with Gasteiger partial charge in [0.05, 0.1) is 19.8 Å². The van der Waals surface area contributed by atoms with Crippen molar-refractivity contribution in [3.8, 4) is 22.6 Å². The Kier molecular flexibility index (Phi) is 9.69. The molecule has 196 valence electrons. The summed E-state index contributed by atoms with van der Waals surface area (Å²) in [5.41, 5.74) is 3.34. The number of benzene rings is 3. The van der Waals surface area contributed by atoms with E-state index in [9.17, 15) is 9.59 Å². The molecule has 0 unspecified atom stereocenters. The molecular weight excluding hydrogens is 468 g/mol. The molecule has 3 aromatic carbocycles. The Morgan fingerprint density at radius 3 is 2.14 bits per heavy atom. The molecule has 7 heteroatoms. The Morgan fingerprint density at radius 1 is 0.811 bits per heavy atom. The summed E-state index contributed by atoms with van der Waals surface area (Å²) in [6.45, 7) is 9.96. The van der Waals surface area contributed by atoms with E-state index in [-0.39, 0.29) is 5.91 Å². The number of methoxy groups -OCH3 is 2. The van der Waals surface area contributed by atoms with Crippen molar-refractivity contribution < 1.29 is 23.8 Å². The number of esters is 1. The van der Waals surface area contributed by atoms with E-state index in [1.807, 2.05) is 18.2 Å². The second-order valence-corrected chi connectivity index (χ2v) is 9.24. The number of hydrogen-bond donors (Lipinski definition) is 1. The molecular formula is C30H36N2O5. The number of carbonyl (C=O) groups excluding carboxylic acids is 2. The van der Waals surface area contributed by atoms with Gasteiger partial charge in [0.1, 0.15) is 6.61 Å². The molecule has 0 heterocycles. The molecule has 0 aliphatic carbocycles. The van der Waals surface area contributed by atoms with E-state index in [0.717, 1.165) is 17.7 Å². The van der Waals surface area contributed by atoms with Crippen LogP contribution in [0.25, 0.3) is 11.1 Å². The first-order valence-corrected chi connectivity index (χ1v) is 12.4. The predicted molar refractivity (Wildman–Crippen MR) is 147 cm³/mol. The lowest BCUT2D eigenvalue weighted by molar-refractivity contribution is 0.0600. The standard InChI is InChI=1S/C30H36N2O5/c1-20(2)32(21(3)4)16-17-37-28-19-26(14-15-27(28)35-5)31-29(33)23-12-10-22(11-13-23)24-8-7-9-25(18-24)30(34)36-6/h7-15,18-21H,16-17H2,1-6H3,(H,31,33). The number of ether oxygens (including phenoxy) is 3. The van der Waals surface area contributed by atoms with Crippen molar-refractivity contribution >= 4 is 17.6 Å². The summed E-state index contributed by atoms with van der Waals surface area (Å²) in [5.74, 6) is 0.556. The van der Waals surface area contributed by atoms with E-state index in [4.69, 9.17) is 14.2 Å². The van der Waals surface area contributed by atoms with Crippen LogP contribution in [0.1, 0.15) is 48.4 Å². The van der Waals surface area contributed by atoms with Gasteiger partial charge < -0.3 is 19.5 Å². The highest BCUT2D eigenvalue weighted by Crippen LogP contribution is 2.31. The number of nitrogens with one attached hydrogen (secondary N) is 1. The first-order chi connectivity index (χ1) is 17.7. The molecule has 0 bridgehead atoms. The maximum absolute atomic E-state index is 12.9. The quantitative estimate of drug-likeness (QED) is 0.328. The van der Waals surface area contributed by atoms with Crippen molar-refractivity contribution in [2.75, 3.05) is 32.7 Å². The summed E-state index contributed by atoms with van der Waals surface area (Å²) in [6.07, 6.45) is 0. The lowest BCUT2D eigenvalue weighted by Gasteiger charge is -2.30. The predicted octanol–water partition coefficient (Wildman–Crippen LogP) is 5.90. The number of hydrogen-bond acceptors (Lipinski definition) is 6. The Labute approximate surface area is 219 Å². The third-order valence-electron chi connectivity index (χ3n) is 6.12. The van der Waals surface area contributed by atoms with Crippen molar-refractivity contribution in [1.82, 2.24) is 4.90 Å². The van der Waals surface area contributed by atoms with Gasteiger partial charge >= 0.3 is 5.97 Å². The van der Waals surface area contributed by atoms with Gasteiger partial charge in [-0.1, -0.05) is 24.3 Å². The number of nitrogens with zero attached hydrogens (tertiary/aromatic N) is 1. The van der Waals surface area contributed by atoms with Crippen molar-refractivity contribution in [3.05, 3.63) is 77.9 Å². The van der Waals surface area contributed by atoms with Gasteiger partial charge in [-0.05, 0) is 75.2 Å². The van der Waals surface area contributed by atoms with E-state index < -0.39 is 5.97 Å². The minimum absolute atomic E-state index is 0.239. The van der Waals surface area contributed by atoms with Crippen molar-refractivity contribution in [3.63, 3.8) is 0 Å². The molecule has 0 spiro atoms. The maximum Gasteiger partial charge on any atom is 0.337 e. The molecule has 0 fully saturated rings. The van der Waals surface area contributed by atoms with Crippen LogP contribution in [-0.2, 0) is 4.74 Å². The smallest absolute Gasteiger partial charge is 0.337 e. The minimum Gasteiger partial charge on any atom is -0.493 e. The normalized spacial score (nSPS) is 11.1. The van der Waals surface area contributed by atoms with Gasteiger partial charge in [0.25, 0.3) is 5.91 Å². The number of carbonyl (C=O) groups is 2. The SMILES string of the molecule is COC(=O)c1cccc(-c2ccc(C(=O)Nc3ccc(OC)c(OCCN(C(C)C)C(C)C)c3)cc2)c1. The zero-order chi connectivity index (χ0) is 26.9. The summed E-state index contributed by atoms with van der Waals surface area (Å²) in [4.78, 5) is 27.1. The zero-order valence-corrected chi connectivity index (χ0v) is 22.4. The molecule has 1 N–H and O–H groups in total. The van der Waals surface area contributed by atoms with E-state index in [0.29, 0.717) is 47.0 Å². The van der Waals surface area contributed by atoms with Gasteiger partial charge in [-0.15, -0.1) is 0 Å². The minimum atomic E-state index is -0.391. The van der Waals surface area contributed by atoms with E-state index in [1.165, 1.54) is 7.11 Å². The third-order valence-corrected chi connectivity index (χ3v) is 6.12. The Bertz CT molecular complexity index is 1200. The highest BCUT2D eigenvalue weighted by atomic mass is 16.5. The van der Waals surface area contributed by atoms with Crippen LogP contribution in [0.2, 0.25) is 0 Å². The molecule has 1 amide bonds. The Balaban J connectivity index is 1.68. The highest BCUT2D eigenvalue weighted by Gasteiger charge is 2.15. The Morgan fingerprint density at radius 2 is 1.51 bits per heavy atom. The molecule has 0 aliphatic heterocycles. The molecule has 0 aliphatic rings. The van der Waals surface area contributed by atoms with Gasteiger partial charge in [0, 0.05) is 35.9 Å². The van der Waals surface area contributed by atoms with Crippen LogP contribution in [0.3, 0.4) is 0 Å². The zero-order valence-electron chi connectivity index (χ0n) is 22.4. The van der Waals surface area contributed by atoms with E-state index >= 15 is 0 Å². The van der Waals surface area contributed by atoms with Crippen LogP contribution in [0.15, 0.2) is 66.7 Å². The number of amides is 1. The van der Waals surface area contributed by atoms with Crippen molar-refractivity contribution in [2.24, 2.45) is 0 Å². The summed E-state index contributed by atoms with van der Waals surface area (Å²) in [5, 5.41) is 2.93. The second-order valence-electron chi connectivity index (χ2n) is 9.24. The molecule has 37 heavy (non-hydrogen) atoms. The fourth-order valence-electron chi connectivity index (χ4n) is 4.20. The summed E-state index contributed by atoms with van der Waals surface area (Å²) in [7, 11) is 2.95. The number of anilines is 1. The molecule has 0 aromatic heterocycles. The van der Waals surface area contributed by atoms with Gasteiger partial charge in [-0.3, -0.25) is 9.69 Å². The second kappa shape index (κ2) is 12.9. The van der Waals surface area contributed by atoms with Crippen LogP contribution in [0.4, 0.5) is 5.69 Å². The van der Waals surface area contributed by atoms with Crippen LogP contribution in [0, 0.1) is 0 Å². The fraction of sp³-hybridized carbons (Fsp3) is 0.333. The first kappa shape index (κ1) is 27.7. The van der Waals surface area contributed by atoms with E-state index in [2.05, 4.69) is 37.9 Å². The third kappa shape index (κ3) is 7.33. The summed E-state index contributed by atoms with van der Waals surface area (Å²) in [6, 6.07) is 20.6. The van der Waals surface area contributed by atoms with E-state index in [1.54, 1.807) is 55.6 Å². The fourth-order valence-corrected chi connectivity index (χ4v) is 4.20. The van der Waals surface area contributed by atoms with Crippen LogP contribution in [-0.4, -0.2) is 56.2 Å². The molecule has 0 saturated heterocycles. The molecule has 0 atom stereocenters. The molecule has 0 saturated carbocycles. The van der Waals surface area contributed by atoms with Crippen LogP contribution in [0.5, 0.6) is 11.5 Å². The maximum atomic E-state index is 12.9. The largest absolute Gasteiger partial charge is 0.493 e. The highest BCUT2D eigenvalue weighted by molar-refractivity contribution is 6.04. The van der Waals surface area contributed by atoms with Gasteiger partial charge in [-0.25, -0.2) is 4.79 Å². The number of rotatable bonds is 11. The monoisotopic (exact) mass is 504 g/mol. The summed E-state index contributed by atoms with van der Waals surface area (Å²) >= 11 is 0. The molecule has 3 aromatic rings. The average Bonchev–Trinajstić information content (AvgIpc) is 2.90. The molecule has 7 nitrogen and oxygen atoms in total. The van der Waals surface area contributed by atoms with Gasteiger partial charge in [0.2, 0.25) is 0 Å². The summed E-state index contributed by atoms with van der Waals surface area (Å²) < 4.78 is 16.3. The molecule has 0 radical (unpaired) electrons. The lowest BCUT2D eigenvalue weighted by atomic mass is 10.0. The van der Waals surface area contributed by atoms with Crippen molar-refractivity contribution in [1.29, 1.82) is 0 Å². The molecule has 3 rings (SSSR count). The lowest BCUT2D eigenvalue weighted by Crippen LogP contribution is -2.39. The average molecular weight is 505 g/mol. The Hall–Kier alpha value is -3.84. The first-order valence-electron chi connectivity index (χ1n) is 12.4. The topological polar surface area (TPSA) is 77.1 Å². The van der Waals surface area contributed by atoms with Gasteiger partial charge in [-0.2, -0.15) is 0 Å². The van der Waals surface area contributed by atoms with Crippen LogP contribution < -0.4 is 14.8 Å².